The van der Waals surface area contributed by atoms with Crippen molar-refractivity contribution in [2.45, 2.75) is 50.9 Å². The topological polar surface area (TPSA) is 29.1 Å². The number of rotatable bonds is 2. The molecule has 0 saturated heterocycles. The smallest absolute Gasteiger partial charge is 0.233 e. The number of nitrogens with one attached hydrogen (secondary N) is 1. The molecule has 0 spiro atoms. The summed E-state index contributed by atoms with van der Waals surface area (Å²) in [5.74, 6) is 1.56. The van der Waals surface area contributed by atoms with E-state index in [4.69, 9.17) is 0 Å². The van der Waals surface area contributed by atoms with Gasteiger partial charge in [-0.1, -0.05) is 29.8 Å². The molecule has 0 heterocycles. The van der Waals surface area contributed by atoms with Crippen LogP contribution in [0.5, 0.6) is 0 Å². The highest BCUT2D eigenvalue weighted by Gasteiger charge is 2.27. The second-order valence-electron chi connectivity index (χ2n) is 4.63. The van der Waals surface area contributed by atoms with Gasteiger partial charge in [0.1, 0.15) is 0 Å². The van der Waals surface area contributed by atoms with Gasteiger partial charge in [0.2, 0.25) is 5.91 Å². The maximum atomic E-state index is 11.5. The number of carbonyl (C=O) groups is 1. The number of hydrogen-bond donors (Lipinski definition) is 1. The van der Waals surface area contributed by atoms with Crippen LogP contribution in [-0.2, 0) is 4.79 Å². The minimum absolute atomic E-state index is 0.0750. The fourth-order valence-corrected chi connectivity index (χ4v) is 2.31. The van der Waals surface area contributed by atoms with Gasteiger partial charge in [-0.05, 0) is 38.0 Å². The molecule has 1 aliphatic carbocycles. The lowest BCUT2D eigenvalue weighted by atomic mass is 9.80. The molecule has 0 aromatic rings. The minimum atomic E-state index is -0.0750. The first-order valence-corrected chi connectivity index (χ1v) is 6.36. The van der Waals surface area contributed by atoms with Crippen molar-refractivity contribution in [3.8, 4) is 0 Å². The molecule has 1 rings (SSSR count). The lowest BCUT2D eigenvalue weighted by Crippen LogP contribution is -2.44. The van der Waals surface area contributed by atoms with Crippen LogP contribution in [0.3, 0.4) is 0 Å². The van der Waals surface area contributed by atoms with Gasteiger partial charge in [0.25, 0.3) is 0 Å². The SMILES string of the molecule is CC1CCC(NC(=O)C(C)Br)C(C)C1. The number of amides is 1. The highest BCUT2D eigenvalue weighted by Crippen LogP contribution is 2.28. The molecule has 2 nitrogen and oxygen atoms in total. The Hall–Kier alpha value is -0.0500. The third kappa shape index (κ3) is 3.26. The summed E-state index contributed by atoms with van der Waals surface area (Å²) < 4.78 is 0. The molecule has 1 fully saturated rings. The van der Waals surface area contributed by atoms with Crippen LogP contribution in [0.15, 0.2) is 0 Å². The van der Waals surface area contributed by atoms with Gasteiger partial charge >= 0.3 is 0 Å². The van der Waals surface area contributed by atoms with E-state index in [1.807, 2.05) is 6.92 Å². The lowest BCUT2D eigenvalue weighted by Gasteiger charge is -2.33. The Morgan fingerprint density at radius 3 is 2.57 bits per heavy atom. The van der Waals surface area contributed by atoms with Crippen LogP contribution in [0.2, 0.25) is 0 Å². The van der Waals surface area contributed by atoms with Gasteiger partial charge in [-0.3, -0.25) is 4.79 Å². The molecule has 1 aliphatic rings. The lowest BCUT2D eigenvalue weighted by molar-refractivity contribution is -0.121. The normalized spacial score (nSPS) is 35.0. The van der Waals surface area contributed by atoms with Gasteiger partial charge in [-0.2, -0.15) is 0 Å². The monoisotopic (exact) mass is 261 g/mol. The fraction of sp³-hybridized carbons (Fsp3) is 0.909. The maximum absolute atomic E-state index is 11.5. The Morgan fingerprint density at radius 2 is 2.07 bits per heavy atom. The van der Waals surface area contributed by atoms with Crippen molar-refractivity contribution < 1.29 is 4.79 Å². The first-order chi connectivity index (χ1) is 6.50. The van der Waals surface area contributed by atoms with Crippen molar-refractivity contribution >= 4 is 21.8 Å². The largest absolute Gasteiger partial charge is 0.352 e. The molecule has 0 aromatic heterocycles. The number of carbonyl (C=O) groups excluding carboxylic acids is 1. The van der Waals surface area contributed by atoms with Gasteiger partial charge in [-0.25, -0.2) is 0 Å². The summed E-state index contributed by atoms with van der Waals surface area (Å²) in [6.45, 7) is 6.40. The van der Waals surface area contributed by atoms with Crippen molar-refractivity contribution in [1.82, 2.24) is 5.32 Å². The summed E-state index contributed by atoms with van der Waals surface area (Å²) in [6.07, 6.45) is 3.61. The Bertz CT molecular complexity index is 205. The summed E-state index contributed by atoms with van der Waals surface area (Å²) in [7, 11) is 0. The van der Waals surface area contributed by atoms with Crippen LogP contribution in [0, 0.1) is 11.8 Å². The van der Waals surface area contributed by atoms with Crippen molar-refractivity contribution in [3.05, 3.63) is 0 Å². The van der Waals surface area contributed by atoms with Gasteiger partial charge in [-0.15, -0.1) is 0 Å². The average Bonchev–Trinajstić information content (AvgIpc) is 2.09. The number of alkyl halides is 1. The number of halogens is 1. The Kier molecular flexibility index (Phi) is 4.42. The molecular weight excluding hydrogens is 242 g/mol. The van der Waals surface area contributed by atoms with E-state index < -0.39 is 0 Å². The Balaban J connectivity index is 2.41. The maximum Gasteiger partial charge on any atom is 0.233 e. The molecule has 82 valence electrons. The predicted octanol–water partition coefficient (Wildman–Crippen LogP) is 2.71. The first kappa shape index (κ1) is 12.0. The van der Waals surface area contributed by atoms with Crippen LogP contribution in [-0.4, -0.2) is 16.8 Å². The molecular formula is C11H20BrNO. The molecule has 3 heteroatoms. The van der Waals surface area contributed by atoms with E-state index in [1.165, 1.54) is 12.8 Å². The molecule has 14 heavy (non-hydrogen) atoms. The predicted molar refractivity (Wildman–Crippen MR) is 62.5 cm³/mol. The average molecular weight is 262 g/mol. The summed E-state index contributed by atoms with van der Waals surface area (Å²) in [5, 5.41) is 3.10. The van der Waals surface area contributed by atoms with E-state index in [2.05, 4.69) is 35.1 Å². The van der Waals surface area contributed by atoms with E-state index in [0.29, 0.717) is 12.0 Å². The molecule has 0 aromatic carbocycles. The molecule has 0 aliphatic heterocycles. The fourth-order valence-electron chi connectivity index (χ4n) is 2.18. The Labute approximate surface area is 95.0 Å². The van der Waals surface area contributed by atoms with Crippen molar-refractivity contribution in [2.24, 2.45) is 11.8 Å². The van der Waals surface area contributed by atoms with E-state index in [-0.39, 0.29) is 10.7 Å². The minimum Gasteiger partial charge on any atom is -0.352 e. The number of hydrogen-bond acceptors (Lipinski definition) is 1. The standard InChI is InChI=1S/C11H20BrNO/c1-7-4-5-10(8(2)6-7)13-11(14)9(3)12/h7-10H,4-6H2,1-3H3,(H,13,14). The zero-order valence-electron chi connectivity index (χ0n) is 9.22. The molecule has 0 bridgehead atoms. The first-order valence-electron chi connectivity index (χ1n) is 5.45. The summed E-state index contributed by atoms with van der Waals surface area (Å²) in [4.78, 5) is 11.4. The highest BCUT2D eigenvalue weighted by molar-refractivity contribution is 9.10. The van der Waals surface area contributed by atoms with Crippen LogP contribution in [0.4, 0.5) is 0 Å². The van der Waals surface area contributed by atoms with E-state index in [9.17, 15) is 4.79 Å². The summed E-state index contributed by atoms with van der Waals surface area (Å²) in [5.41, 5.74) is 0. The van der Waals surface area contributed by atoms with Crippen LogP contribution in [0.25, 0.3) is 0 Å². The summed E-state index contributed by atoms with van der Waals surface area (Å²) >= 11 is 3.29. The molecule has 1 amide bonds. The zero-order chi connectivity index (χ0) is 10.7. The van der Waals surface area contributed by atoms with Crippen LogP contribution in [0.1, 0.15) is 40.0 Å². The quantitative estimate of drug-likeness (QED) is 0.762. The van der Waals surface area contributed by atoms with E-state index >= 15 is 0 Å². The van der Waals surface area contributed by atoms with Gasteiger partial charge in [0.15, 0.2) is 0 Å². The second kappa shape index (κ2) is 5.15. The highest BCUT2D eigenvalue weighted by atomic mass is 79.9. The second-order valence-corrected chi connectivity index (χ2v) is 6.00. The van der Waals surface area contributed by atoms with Crippen molar-refractivity contribution in [2.75, 3.05) is 0 Å². The van der Waals surface area contributed by atoms with Gasteiger partial charge < -0.3 is 5.32 Å². The molecule has 4 atom stereocenters. The van der Waals surface area contributed by atoms with E-state index in [0.717, 1.165) is 12.3 Å². The van der Waals surface area contributed by atoms with Gasteiger partial charge in [0, 0.05) is 6.04 Å². The van der Waals surface area contributed by atoms with Crippen molar-refractivity contribution in [1.29, 1.82) is 0 Å². The van der Waals surface area contributed by atoms with Gasteiger partial charge in [0.05, 0.1) is 4.83 Å². The Morgan fingerprint density at radius 1 is 1.43 bits per heavy atom. The molecule has 1 N–H and O–H groups in total. The summed E-state index contributed by atoms with van der Waals surface area (Å²) in [6, 6.07) is 0.388. The molecule has 1 saturated carbocycles. The van der Waals surface area contributed by atoms with Crippen LogP contribution < -0.4 is 5.32 Å². The zero-order valence-corrected chi connectivity index (χ0v) is 10.8. The van der Waals surface area contributed by atoms with Crippen LogP contribution >= 0.6 is 15.9 Å². The van der Waals surface area contributed by atoms with E-state index in [1.54, 1.807) is 0 Å². The molecule has 0 radical (unpaired) electrons. The third-order valence-electron chi connectivity index (χ3n) is 3.12. The van der Waals surface area contributed by atoms with Crippen molar-refractivity contribution in [3.63, 3.8) is 0 Å². The molecule has 4 unspecified atom stereocenters. The third-order valence-corrected chi connectivity index (χ3v) is 3.54.